The number of rotatable bonds is 5. The minimum absolute atomic E-state index is 0.0933. The fourth-order valence-corrected chi connectivity index (χ4v) is 3.26. The molecular weight excluding hydrogens is 268 g/mol. The first kappa shape index (κ1) is 13.3. The molecule has 0 aliphatic rings. The van der Waals surface area contributed by atoms with Gasteiger partial charge in [-0.15, -0.1) is 11.3 Å². The van der Waals surface area contributed by atoms with Crippen molar-refractivity contribution in [3.05, 3.63) is 58.9 Å². The highest BCUT2D eigenvalue weighted by atomic mass is 32.1. The standard InChI is InChI=1S/C15H18N4S/c1-2-11-5-3-4-6-13(11)14(18-16)9-12-10-19-7-8-20-15(19)17-12/h3-8,10,14,18H,2,9,16H2,1H3. The third-order valence-corrected chi connectivity index (χ3v) is 4.34. The van der Waals surface area contributed by atoms with Gasteiger partial charge in [-0.3, -0.25) is 15.7 Å². The van der Waals surface area contributed by atoms with Gasteiger partial charge in [0.1, 0.15) is 0 Å². The van der Waals surface area contributed by atoms with Gasteiger partial charge in [0, 0.05) is 24.2 Å². The number of imidazole rings is 1. The monoisotopic (exact) mass is 286 g/mol. The molecule has 0 radical (unpaired) electrons. The van der Waals surface area contributed by atoms with Crippen molar-refractivity contribution >= 4 is 16.3 Å². The zero-order chi connectivity index (χ0) is 13.9. The molecule has 3 aromatic rings. The molecule has 2 aromatic heterocycles. The zero-order valence-electron chi connectivity index (χ0n) is 11.4. The maximum Gasteiger partial charge on any atom is 0.193 e. The molecule has 0 saturated carbocycles. The van der Waals surface area contributed by atoms with Crippen molar-refractivity contribution in [1.82, 2.24) is 14.8 Å². The van der Waals surface area contributed by atoms with Crippen molar-refractivity contribution in [2.45, 2.75) is 25.8 Å². The van der Waals surface area contributed by atoms with Gasteiger partial charge in [-0.05, 0) is 17.5 Å². The number of nitrogens with two attached hydrogens (primary N) is 1. The number of benzene rings is 1. The van der Waals surface area contributed by atoms with E-state index in [-0.39, 0.29) is 6.04 Å². The van der Waals surface area contributed by atoms with Crippen molar-refractivity contribution < 1.29 is 0 Å². The van der Waals surface area contributed by atoms with E-state index in [4.69, 9.17) is 5.84 Å². The summed E-state index contributed by atoms with van der Waals surface area (Å²) in [5, 5.41) is 2.04. The van der Waals surface area contributed by atoms with Crippen LogP contribution in [0, 0.1) is 0 Å². The summed E-state index contributed by atoms with van der Waals surface area (Å²) in [6.07, 6.45) is 5.90. The molecule has 1 unspecified atom stereocenters. The molecule has 1 atom stereocenters. The van der Waals surface area contributed by atoms with Gasteiger partial charge < -0.3 is 0 Å². The first-order valence-corrected chi connectivity index (χ1v) is 7.64. The Hall–Kier alpha value is -1.69. The second-order valence-corrected chi connectivity index (χ2v) is 5.67. The van der Waals surface area contributed by atoms with E-state index in [1.54, 1.807) is 11.3 Å². The molecule has 1 aromatic carbocycles. The maximum atomic E-state index is 5.76. The van der Waals surface area contributed by atoms with Gasteiger partial charge in [0.15, 0.2) is 4.96 Å². The second kappa shape index (κ2) is 5.75. The van der Waals surface area contributed by atoms with E-state index < -0.39 is 0 Å². The summed E-state index contributed by atoms with van der Waals surface area (Å²) in [6.45, 7) is 2.17. The third kappa shape index (κ3) is 2.47. The molecule has 104 valence electrons. The van der Waals surface area contributed by atoms with E-state index in [9.17, 15) is 0 Å². The minimum Gasteiger partial charge on any atom is -0.297 e. The van der Waals surface area contributed by atoms with Crippen LogP contribution in [0.3, 0.4) is 0 Å². The lowest BCUT2D eigenvalue weighted by molar-refractivity contribution is 0.543. The Morgan fingerprint density at radius 3 is 3.00 bits per heavy atom. The van der Waals surface area contributed by atoms with Gasteiger partial charge in [0.05, 0.1) is 11.7 Å². The van der Waals surface area contributed by atoms with Crippen molar-refractivity contribution in [3.63, 3.8) is 0 Å². The van der Waals surface area contributed by atoms with Crippen molar-refractivity contribution in [2.24, 2.45) is 5.84 Å². The first-order chi connectivity index (χ1) is 9.81. The number of hydrogen-bond acceptors (Lipinski definition) is 4. The van der Waals surface area contributed by atoms with Gasteiger partial charge >= 0.3 is 0 Å². The highest BCUT2D eigenvalue weighted by Gasteiger charge is 2.15. The summed E-state index contributed by atoms with van der Waals surface area (Å²) in [4.78, 5) is 5.65. The molecule has 0 saturated heterocycles. The van der Waals surface area contributed by atoms with Crippen LogP contribution in [-0.2, 0) is 12.8 Å². The molecule has 3 rings (SSSR count). The largest absolute Gasteiger partial charge is 0.297 e. The van der Waals surface area contributed by atoms with Crippen molar-refractivity contribution in [3.8, 4) is 0 Å². The number of aromatic nitrogens is 2. The lowest BCUT2D eigenvalue weighted by Crippen LogP contribution is -2.30. The number of thiazole rings is 1. The van der Waals surface area contributed by atoms with Crippen molar-refractivity contribution in [2.75, 3.05) is 0 Å². The molecule has 0 spiro atoms. The molecule has 0 amide bonds. The molecule has 0 aliphatic carbocycles. The lowest BCUT2D eigenvalue weighted by Gasteiger charge is -2.18. The Bertz CT molecular complexity index is 672. The normalized spacial score (nSPS) is 12.9. The molecule has 5 heteroatoms. The summed E-state index contributed by atoms with van der Waals surface area (Å²) in [6, 6.07) is 8.52. The molecular formula is C15H18N4S. The van der Waals surface area contributed by atoms with Gasteiger partial charge in [0.2, 0.25) is 0 Å². The fraction of sp³-hybridized carbons (Fsp3) is 0.267. The second-order valence-electron chi connectivity index (χ2n) is 4.80. The molecule has 0 bridgehead atoms. The highest BCUT2D eigenvalue weighted by Crippen LogP contribution is 2.22. The molecule has 2 heterocycles. The Kier molecular flexibility index (Phi) is 3.82. The molecule has 20 heavy (non-hydrogen) atoms. The summed E-state index contributed by atoms with van der Waals surface area (Å²) in [5.74, 6) is 5.76. The van der Waals surface area contributed by atoms with Crippen LogP contribution in [0.15, 0.2) is 42.0 Å². The van der Waals surface area contributed by atoms with E-state index in [0.29, 0.717) is 0 Å². The van der Waals surface area contributed by atoms with E-state index in [1.807, 2.05) is 11.6 Å². The zero-order valence-corrected chi connectivity index (χ0v) is 12.2. The molecule has 3 N–H and O–H groups in total. The topological polar surface area (TPSA) is 55.3 Å². The predicted octanol–water partition coefficient (Wildman–Crippen LogP) is 2.71. The lowest BCUT2D eigenvalue weighted by atomic mass is 9.96. The van der Waals surface area contributed by atoms with Crippen LogP contribution < -0.4 is 11.3 Å². The predicted molar refractivity (Wildman–Crippen MR) is 82.7 cm³/mol. The smallest absolute Gasteiger partial charge is 0.193 e. The van der Waals surface area contributed by atoms with E-state index >= 15 is 0 Å². The van der Waals surface area contributed by atoms with Crippen LogP contribution >= 0.6 is 11.3 Å². The first-order valence-electron chi connectivity index (χ1n) is 6.76. The molecule has 4 nitrogen and oxygen atoms in total. The fourth-order valence-electron chi connectivity index (χ4n) is 2.54. The third-order valence-electron chi connectivity index (χ3n) is 3.57. The average molecular weight is 286 g/mol. The van der Waals surface area contributed by atoms with Crippen LogP contribution in [0.1, 0.15) is 29.8 Å². The summed E-state index contributed by atoms with van der Waals surface area (Å²) in [7, 11) is 0. The SMILES string of the molecule is CCc1ccccc1C(Cc1cn2ccsc2n1)NN. The maximum absolute atomic E-state index is 5.76. The van der Waals surface area contributed by atoms with E-state index in [0.717, 1.165) is 23.5 Å². The van der Waals surface area contributed by atoms with Crippen LogP contribution in [0.5, 0.6) is 0 Å². The van der Waals surface area contributed by atoms with Gasteiger partial charge in [-0.2, -0.15) is 0 Å². The average Bonchev–Trinajstić information content (AvgIpc) is 3.05. The highest BCUT2D eigenvalue weighted by molar-refractivity contribution is 7.15. The van der Waals surface area contributed by atoms with Crippen LogP contribution in [0.2, 0.25) is 0 Å². The quantitative estimate of drug-likeness (QED) is 0.560. The van der Waals surface area contributed by atoms with Gasteiger partial charge in [-0.1, -0.05) is 31.2 Å². The number of aryl methyl sites for hydroxylation is 1. The summed E-state index contributed by atoms with van der Waals surface area (Å²) >= 11 is 1.65. The minimum atomic E-state index is 0.0933. The molecule has 0 aliphatic heterocycles. The Labute approximate surface area is 122 Å². The van der Waals surface area contributed by atoms with E-state index in [2.05, 4.69) is 52.2 Å². The Balaban J connectivity index is 1.88. The van der Waals surface area contributed by atoms with Crippen LogP contribution in [0.4, 0.5) is 0 Å². The molecule has 0 fully saturated rings. The van der Waals surface area contributed by atoms with Gasteiger partial charge in [0.25, 0.3) is 0 Å². The number of fused-ring (bicyclic) bond motifs is 1. The van der Waals surface area contributed by atoms with Crippen LogP contribution in [-0.4, -0.2) is 9.38 Å². The Morgan fingerprint density at radius 1 is 1.40 bits per heavy atom. The summed E-state index contributed by atoms with van der Waals surface area (Å²) in [5.41, 5.74) is 6.58. The van der Waals surface area contributed by atoms with Gasteiger partial charge in [-0.25, -0.2) is 4.98 Å². The number of hydrogen-bond donors (Lipinski definition) is 2. The Morgan fingerprint density at radius 2 is 2.25 bits per heavy atom. The van der Waals surface area contributed by atoms with Crippen molar-refractivity contribution in [1.29, 1.82) is 0 Å². The summed E-state index contributed by atoms with van der Waals surface area (Å²) < 4.78 is 2.05. The van der Waals surface area contributed by atoms with Crippen LogP contribution in [0.25, 0.3) is 4.96 Å². The number of nitrogens with one attached hydrogen (secondary N) is 1. The number of nitrogens with zero attached hydrogens (tertiary/aromatic N) is 2. The number of hydrazine groups is 1. The van der Waals surface area contributed by atoms with E-state index in [1.165, 1.54) is 11.1 Å².